The van der Waals surface area contributed by atoms with Crippen LogP contribution >= 0.6 is 7.60 Å². The normalized spacial score (nSPS) is 30.1. The molecule has 0 aliphatic carbocycles. The molecular formula is C11H22NO8P. The van der Waals surface area contributed by atoms with Crippen LogP contribution in [-0.4, -0.2) is 63.4 Å². The fraction of sp³-hybridized carbons (Fsp3) is 0.909. The van der Waals surface area contributed by atoms with Crippen LogP contribution in [0.15, 0.2) is 0 Å². The molecule has 1 fully saturated rings. The number of nitrogens with one attached hydrogen (secondary N) is 1. The van der Waals surface area contributed by atoms with Crippen molar-refractivity contribution in [3.05, 3.63) is 0 Å². The molecule has 1 aliphatic heterocycles. The molecule has 0 saturated carbocycles. The van der Waals surface area contributed by atoms with Gasteiger partial charge in [0.2, 0.25) is 5.91 Å². The Morgan fingerprint density at radius 1 is 1.43 bits per heavy atom. The summed E-state index contributed by atoms with van der Waals surface area (Å²) >= 11 is 0. The highest BCUT2D eigenvalue weighted by Crippen LogP contribution is 2.34. The monoisotopic (exact) mass is 327 g/mol. The van der Waals surface area contributed by atoms with Crippen molar-refractivity contribution in [1.29, 1.82) is 0 Å². The Morgan fingerprint density at radius 3 is 2.62 bits per heavy atom. The molecule has 0 spiro atoms. The Labute approximate surface area is 122 Å². The minimum atomic E-state index is -4.26. The maximum atomic E-state index is 11.5. The summed E-state index contributed by atoms with van der Waals surface area (Å²) in [5.41, 5.74) is 0. The lowest BCUT2D eigenvalue weighted by atomic mass is 10.00. The highest BCUT2D eigenvalue weighted by atomic mass is 31.2. The molecular weight excluding hydrogens is 305 g/mol. The zero-order valence-electron chi connectivity index (χ0n) is 11.7. The molecule has 1 rings (SSSR count). The van der Waals surface area contributed by atoms with E-state index in [2.05, 4.69) is 5.32 Å². The molecule has 0 aromatic rings. The largest absolute Gasteiger partial charge is 0.391 e. The maximum absolute atomic E-state index is 11.5. The zero-order chi connectivity index (χ0) is 16.0. The van der Waals surface area contributed by atoms with Crippen LogP contribution in [0.3, 0.4) is 0 Å². The first-order chi connectivity index (χ1) is 9.73. The van der Waals surface area contributed by atoms with Crippen LogP contribution in [0.1, 0.15) is 26.2 Å². The zero-order valence-corrected chi connectivity index (χ0v) is 12.6. The summed E-state index contributed by atoms with van der Waals surface area (Å²) in [6.07, 6.45) is -2.89. The van der Waals surface area contributed by atoms with E-state index >= 15 is 0 Å². The molecule has 1 saturated heterocycles. The van der Waals surface area contributed by atoms with Gasteiger partial charge in [-0.1, -0.05) is 6.92 Å². The standard InChI is InChI=1S/C11H22NO8P/c1-2-3-9(14)12-10-8(13)4-7(20-11(10)15)5-19-6-21(16,17)18/h7-8,10-11,13,15H,2-6H2,1H3,(H,12,14)(H2,16,17,18)/t7-,8-,10+,11?/m0/s1. The lowest BCUT2D eigenvalue weighted by molar-refractivity contribution is -0.217. The van der Waals surface area contributed by atoms with E-state index in [4.69, 9.17) is 19.3 Å². The number of ether oxygens (including phenoxy) is 2. The molecule has 0 aromatic carbocycles. The van der Waals surface area contributed by atoms with Crippen LogP contribution in [0.4, 0.5) is 0 Å². The summed E-state index contributed by atoms with van der Waals surface area (Å²) in [4.78, 5) is 28.7. The van der Waals surface area contributed by atoms with Crippen molar-refractivity contribution < 1.29 is 38.8 Å². The Bertz CT molecular complexity index is 374. The second kappa shape index (κ2) is 8.19. The van der Waals surface area contributed by atoms with Crippen molar-refractivity contribution >= 4 is 13.5 Å². The number of carbonyl (C=O) groups excluding carboxylic acids is 1. The smallest absolute Gasteiger partial charge is 0.350 e. The third-order valence-corrected chi connectivity index (χ3v) is 3.44. The predicted molar refractivity (Wildman–Crippen MR) is 71.2 cm³/mol. The first kappa shape index (κ1) is 18.5. The van der Waals surface area contributed by atoms with Gasteiger partial charge in [-0.3, -0.25) is 9.36 Å². The van der Waals surface area contributed by atoms with E-state index in [9.17, 15) is 19.6 Å². The third-order valence-electron chi connectivity index (χ3n) is 2.93. The molecule has 5 N–H and O–H groups in total. The fourth-order valence-electron chi connectivity index (χ4n) is 2.01. The van der Waals surface area contributed by atoms with Gasteiger partial charge < -0.3 is 34.8 Å². The highest BCUT2D eigenvalue weighted by molar-refractivity contribution is 7.51. The second-order valence-electron chi connectivity index (χ2n) is 4.96. The van der Waals surface area contributed by atoms with E-state index in [-0.39, 0.29) is 25.4 Å². The fourth-order valence-corrected chi connectivity index (χ4v) is 2.35. The van der Waals surface area contributed by atoms with Crippen LogP contribution in [-0.2, 0) is 18.8 Å². The first-order valence-electron chi connectivity index (χ1n) is 6.66. The van der Waals surface area contributed by atoms with Gasteiger partial charge in [0, 0.05) is 12.8 Å². The van der Waals surface area contributed by atoms with E-state index in [0.717, 1.165) is 0 Å². The molecule has 1 aliphatic rings. The van der Waals surface area contributed by atoms with Gasteiger partial charge in [-0.05, 0) is 6.42 Å². The van der Waals surface area contributed by atoms with Crippen LogP contribution in [0.25, 0.3) is 0 Å². The summed E-state index contributed by atoms with van der Waals surface area (Å²) in [6, 6.07) is -0.929. The summed E-state index contributed by atoms with van der Waals surface area (Å²) in [5.74, 6) is -0.291. The molecule has 21 heavy (non-hydrogen) atoms. The Morgan fingerprint density at radius 2 is 2.10 bits per heavy atom. The van der Waals surface area contributed by atoms with Crippen molar-refractivity contribution in [2.75, 3.05) is 13.0 Å². The van der Waals surface area contributed by atoms with Crippen molar-refractivity contribution in [1.82, 2.24) is 5.32 Å². The molecule has 0 radical (unpaired) electrons. The van der Waals surface area contributed by atoms with Gasteiger partial charge in [0.1, 0.15) is 12.4 Å². The van der Waals surface area contributed by atoms with Crippen molar-refractivity contribution in [3.8, 4) is 0 Å². The van der Waals surface area contributed by atoms with Gasteiger partial charge in [0.15, 0.2) is 6.29 Å². The molecule has 1 amide bonds. The molecule has 1 heterocycles. The number of carbonyl (C=O) groups is 1. The average Bonchev–Trinajstić information content (AvgIpc) is 2.32. The van der Waals surface area contributed by atoms with Gasteiger partial charge in [0.25, 0.3) is 0 Å². The van der Waals surface area contributed by atoms with Crippen LogP contribution in [0, 0.1) is 0 Å². The molecule has 0 bridgehead atoms. The number of hydrogen-bond acceptors (Lipinski definition) is 6. The predicted octanol–water partition coefficient (Wildman–Crippen LogP) is -1.11. The molecule has 10 heteroatoms. The van der Waals surface area contributed by atoms with Crippen LogP contribution < -0.4 is 5.32 Å². The van der Waals surface area contributed by atoms with E-state index in [1.54, 1.807) is 0 Å². The average molecular weight is 327 g/mol. The molecule has 124 valence electrons. The number of hydrogen-bond donors (Lipinski definition) is 5. The van der Waals surface area contributed by atoms with Gasteiger partial charge in [0.05, 0.1) is 18.8 Å². The van der Waals surface area contributed by atoms with Gasteiger partial charge >= 0.3 is 7.60 Å². The van der Waals surface area contributed by atoms with Crippen molar-refractivity contribution in [3.63, 3.8) is 0 Å². The maximum Gasteiger partial charge on any atom is 0.350 e. The second-order valence-corrected chi connectivity index (χ2v) is 6.55. The summed E-state index contributed by atoms with van der Waals surface area (Å²) in [6.45, 7) is 1.66. The Hall–Kier alpha value is -0.540. The molecule has 9 nitrogen and oxygen atoms in total. The van der Waals surface area contributed by atoms with Gasteiger partial charge in [-0.2, -0.15) is 0 Å². The number of aliphatic hydroxyl groups excluding tert-OH is 2. The molecule has 4 atom stereocenters. The summed E-state index contributed by atoms with van der Waals surface area (Å²) < 4.78 is 20.6. The van der Waals surface area contributed by atoms with E-state index in [0.29, 0.717) is 6.42 Å². The van der Waals surface area contributed by atoms with E-state index < -0.39 is 38.5 Å². The summed E-state index contributed by atoms with van der Waals surface area (Å²) in [5, 5.41) is 22.2. The quantitative estimate of drug-likeness (QED) is 0.370. The van der Waals surface area contributed by atoms with Crippen LogP contribution in [0.5, 0.6) is 0 Å². The minimum absolute atomic E-state index is 0.0787. The van der Waals surface area contributed by atoms with Gasteiger partial charge in [-0.25, -0.2) is 0 Å². The third kappa shape index (κ3) is 6.84. The van der Waals surface area contributed by atoms with E-state index in [1.165, 1.54) is 0 Å². The number of aliphatic hydroxyl groups is 2. The topological polar surface area (TPSA) is 146 Å². The van der Waals surface area contributed by atoms with Crippen molar-refractivity contribution in [2.45, 2.75) is 50.7 Å². The van der Waals surface area contributed by atoms with Gasteiger partial charge in [-0.15, -0.1) is 0 Å². The van der Waals surface area contributed by atoms with Crippen LogP contribution in [0.2, 0.25) is 0 Å². The Balaban J connectivity index is 2.42. The van der Waals surface area contributed by atoms with E-state index in [1.807, 2.05) is 6.92 Å². The van der Waals surface area contributed by atoms with Crippen molar-refractivity contribution in [2.24, 2.45) is 0 Å². The first-order valence-corrected chi connectivity index (χ1v) is 8.46. The lowest BCUT2D eigenvalue weighted by Crippen LogP contribution is -2.57. The summed E-state index contributed by atoms with van der Waals surface area (Å²) in [7, 11) is -4.26. The Kier molecular flexibility index (Phi) is 7.22. The number of amides is 1. The molecule has 1 unspecified atom stereocenters. The highest BCUT2D eigenvalue weighted by Gasteiger charge is 2.37. The number of rotatable bonds is 7. The lowest BCUT2D eigenvalue weighted by Gasteiger charge is -2.37. The SMILES string of the molecule is CCCC(=O)N[C@H]1C(O)O[C@H](COCP(=O)(O)O)C[C@@H]1O. The molecule has 0 aromatic heterocycles. The minimum Gasteiger partial charge on any atom is -0.391 e.